The third-order valence-corrected chi connectivity index (χ3v) is 3.41. The summed E-state index contributed by atoms with van der Waals surface area (Å²) in [5, 5.41) is 2.85. The summed E-state index contributed by atoms with van der Waals surface area (Å²) in [6.45, 7) is 13.2. The van der Waals surface area contributed by atoms with E-state index in [0.29, 0.717) is 41.6 Å². The number of carbonyl (C=O) groups excluding carboxylic acids is 2. The van der Waals surface area contributed by atoms with E-state index < -0.39 is 5.97 Å². The molecule has 0 aromatic carbocycles. The van der Waals surface area contributed by atoms with Crippen molar-refractivity contribution in [1.29, 1.82) is 0 Å². The van der Waals surface area contributed by atoms with E-state index in [2.05, 4.69) is 24.1 Å². The smallest absolute Gasteiger partial charge is 0.340 e. The summed E-state index contributed by atoms with van der Waals surface area (Å²) in [5.41, 5.74) is 2.11. The van der Waals surface area contributed by atoms with E-state index in [0.717, 1.165) is 13.0 Å². The number of esters is 1. The molecule has 0 fully saturated rings. The van der Waals surface area contributed by atoms with Crippen LogP contribution in [0.1, 0.15) is 66.2 Å². The van der Waals surface area contributed by atoms with Crippen molar-refractivity contribution in [3.63, 3.8) is 0 Å². The van der Waals surface area contributed by atoms with Crippen LogP contribution in [0.15, 0.2) is 0 Å². The molecule has 136 valence electrons. The molecule has 1 aromatic heterocycles. The van der Waals surface area contributed by atoms with Crippen molar-refractivity contribution < 1.29 is 19.1 Å². The first kappa shape index (κ1) is 20.2. The Morgan fingerprint density at radius 2 is 1.83 bits per heavy atom. The number of aromatic nitrogens is 1. The van der Waals surface area contributed by atoms with Gasteiger partial charge in [0.05, 0.1) is 11.7 Å². The Bertz CT molecular complexity index is 562. The zero-order valence-electron chi connectivity index (χ0n) is 15.6. The molecule has 0 atom stereocenters. The fourth-order valence-corrected chi connectivity index (χ4v) is 2.34. The maximum atomic E-state index is 12.3. The van der Waals surface area contributed by atoms with E-state index in [1.54, 1.807) is 27.7 Å². The summed E-state index contributed by atoms with van der Waals surface area (Å²) in [4.78, 5) is 27.4. The molecule has 0 spiro atoms. The number of hydrogen-bond donors (Lipinski definition) is 2. The zero-order chi connectivity index (χ0) is 18.3. The second kappa shape index (κ2) is 9.47. The van der Waals surface area contributed by atoms with Crippen LogP contribution in [0.4, 0.5) is 0 Å². The molecule has 0 saturated heterocycles. The lowest BCUT2D eigenvalue weighted by Crippen LogP contribution is -2.26. The van der Waals surface area contributed by atoms with Crippen molar-refractivity contribution in [2.24, 2.45) is 5.92 Å². The zero-order valence-corrected chi connectivity index (χ0v) is 15.6. The highest BCUT2D eigenvalue weighted by Gasteiger charge is 2.23. The highest BCUT2D eigenvalue weighted by atomic mass is 16.5. The summed E-state index contributed by atoms with van der Waals surface area (Å²) in [6.07, 6.45) is 0.550. The van der Waals surface area contributed by atoms with Gasteiger partial charge in [0.1, 0.15) is 5.69 Å². The van der Waals surface area contributed by atoms with E-state index >= 15 is 0 Å². The number of rotatable bonds is 9. The van der Waals surface area contributed by atoms with Gasteiger partial charge in [0, 0.05) is 25.5 Å². The normalized spacial score (nSPS) is 11.2. The Kier molecular flexibility index (Phi) is 7.98. The lowest BCUT2D eigenvalue weighted by atomic mass is 10.1. The van der Waals surface area contributed by atoms with Gasteiger partial charge in [-0.25, -0.2) is 4.79 Å². The van der Waals surface area contributed by atoms with E-state index in [1.807, 2.05) is 0 Å². The maximum absolute atomic E-state index is 12.3. The van der Waals surface area contributed by atoms with Gasteiger partial charge in [-0.2, -0.15) is 0 Å². The molecule has 1 aromatic rings. The lowest BCUT2D eigenvalue weighted by molar-refractivity contribution is 0.0376. The quantitative estimate of drug-likeness (QED) is 0.536. The maximum Gasteiger partial charge on any atom is 0.340 e. The molecule has 1 rings (SSSR count). The van der Waals surface area contributed by atoms with Gasteiger partial charge in [-0.15, -0.1) is 0 Å². The molecule has 0 saturated carbocycles. The SMILES string of the molecule is Cc1[nH]c(C(=O)NCCCOCC(C)C)c(C)c1C(=O)OC(C)C. The molecule has 24 heavy (non-hydrogen) atoms. The highest BCUT2D eigenvalue weighted by molar-refractivity contribution is 6.00. The Morgan fingerprint density at radius 1 is 1.17 bits per heavy atom. The molecular formula is C18H30N2O4. The standard InChI is InChI=1S/C18H30N2O4/c1-11(2)10-23-9-7-8-19-17(21)16-13(5)15(14(6)20-16)18(22)24-12(3)4/h11-12,20H,7-10H2,1-6H3,(H,19,21). The van der Waals surface area contributed by atoms with Crippen LogP contribution in [0.25, 0.3) is 0 Å². The first-order chi connectivity index (χ1) is 11.2. The molecule has 1 heterocycles. The van der Waals surface area contributed by atoms with Crippen molar-refractivity contribution >= 4 is 11.9 Å². The molecule has 1 amide bonds. The van der Waals surface area contributed by atoms with Crippen LogP contribution in [0.5, 0.6) is 0 Å². The van der Waals surface area contributed by atoms with Crippen LogP contribution in [0, 0.1) is 19.8 Å². The van der Waals surface area contributed by atoms with Crippen molar-refractivity contribution in [2.75, 3.05) is 19.8 Å². The number of carbonyl (C=O) groups is 2. The molecule has 0 radical (unpaired) electrons. The molecule has 0 aliphatic rings. The number of ether oxygens (including phenoxy) is 2. The fourth-order valence-electron chi connectivity index (χ4n) is 2.34. The average Bonchev–Trinajstić information content (AvgIpc) is 2.76. The van der Waals surface area contributed by atoms with Crippen LogP contribution in [0.2, 0.25) is 0 Å². The third-order valence-electron chi connectivity index (χ3n) is 3.41. The lowest BCUT2D eigenvalue weighted by Gasteiger charge is -2.09. The molecule has 0 aliphatic heterocycles. The van der Waals surface area contributed by atoms with Gasteiger partial charge in [-0.05, 0) is 45.6 Å². The average molecular weight is 338 g/mol. The minimum absolute atomic E-state index is 0.200. The Balaban J connectivity index is 2.58. The summed E-state index contributed by atoms with van der Waals surface area (Å²) in [5.74, 6) is -0.117. The van der Waals surface area contributed by atoms with Gasteiger partial charge in [-0.1, -0.05) is 13.8 Å². The Labute approximate surface area is 144 Å². The predicted octanol–water partition coefficient (Wildman–Crippen LogP) is 2.99. The van der Waals surface area contributed by atoms with Crippen LogP contribution in [0.3, 0.4) is 0 Å². The molecular weight excluding hydrogens is 308 g/mol. The van der Waals surface area contributed by atoms with Gasteiger partial charge >= 0.3 is 5.97 Å². The first-order valence-electron chi connectivity index (χ1n) is 8.50. The van der Waals surface area contributed by atoms with Crippen LogP contribution in [-0.2, 0) is 9.47 Å². The number of hydrogen-bond acceptors (Lipinski definition) is 4. The first-order valence-corrected chi connectivity index (χ1v) is 8.50. The number of nitrogens with one attached hydrogen (secondary N) is 2. The number of H-pyrrole nitrogens is 1. The van der Waals surface area contributed by atoms with Crippen molar-refractivity contribution in [1.82, 2.24) is 10.3 Å². The molecule has 0 aliphatic carbocycles. The Hall–Kier alpha value is -1.82. The van der Waals surface area contributed by atoms with Crippen molar-refractivity contribution in [3.05, 3.63) is 22.5 Å². The summed E-state index contributed by atoms with van der Waals surface area (Å²) < 4.78 is 10.7. The second-order valence-electron chi connectivity index (χ2n) is 6.66. The molecule has 2 N–H and O–H groups in total. The largest absolute Gasteiger partial charge is 0.459 e. The van der Waals surface area contributed by atoms with Gasteiger partial charge < -0.3 is 19.8 Å². The van der Waals surface area contributed by atoms with Gasteiger partial charge in [-0.3, -0.25) is 4.79 Å². The number of amides is 1. The highest BCUT2D eigenvalue weighted by Crippen LogP contribution is 2.19. The topological polar surface area (TPSA) is 80.4 Å². The van der Waals surface area contributed by atoms with Crippen molar-refractivity contribution in [2.45, 2.75) is 54.1 Å². The summed E-state index contributed by atoms with van der Waals surface area (Å²) >= 11 is 0. The van der Waals surface area contributed by atoms with Crippen molar-refractivity contribution in [3.8, 4) is 0 Å². The van der Waals surface area contributed by atoms with Gasteiger partial charge in [0.2, 0.25) is 0 Å². The Morgan fingerprint density at radius 3 is 2.42 bits per heavy atom. The van der Waals surface area contributed by atoms with E-state index in [9.17, 15) is 9.59 Å². The number of aryl methyl sites for hydroxylation is 1. The minimum atomic E-state index is -0.405. The monoisotopic (exact) mass is 338 g/mol. The van der Waals surface area contributed by atoms with E-state index in [1.165, 1.54) is 0 Å². The van der Waals surface area contributed by atoms with E-state index in [-0.39, 0.29) is 12.0 Å². The molecule has 6 heteroatoms. The van der Waals surface area contributed by atoms with Gasteiger partial charge in [0.25, 0.3) is 5.91 Å². The predicted molar refractivity (Wildman–Crippen MR) is 93.4 cm³/mol. The third kappa shape index (κ3) is 6.00. The van der Waals surface area contributed by atoms with Crippen LogP contribution >= 0.6 is 0 Å². The minimum Gasteiger partial charge on any atom is -0.459 e. The molecule has 6 nitrogen and oxygen atoms in total. The molecule has 0 bridgehead atoms. The number of aromatic amines is 1. The van der Waals surface area contributed by atoms with E-state index in [4.69, 9.17) is 9.47 Å². The fraction of sp³-hybridized carbons (Fsp3) is 0.667. The summed E-state index contributed by atoms with van der Waals surface area (Å²) in [7, 11) is 0. The molecule has 0 unspecified atom stereocenters. The van der Waals surface area contributed by atoms with Crippen LogP contribution in [-0.4, -0.2) is 42.7 Å². The summed E-state index contributed by atoms with van der Waals surface area (Å²) in [6, 6.07) is 0. The van der Waals surface area contributed by atoms with Gasteiger partial charge in [0.15, 0.2) is 0 Å². The second-order valence-corrected chi connectivity index (χ2v) is 6.66. The van der Waals surface area contributed by atoms with Crippen LogP contribution < -0.4 is 5.32 Å².